The van der Waals surface area contributed by atoms with Gasteiger partial charge in [0.05, 0.1) is 0 Å². The summed E-state index contributed by atoms with van der Waals surface area (Å²) < 4.78 is 27.1. The molecule has 1 aromatic heterocycles. The fourth-order valence-electron chi connectivity index (χ4n) is 3.87. The molecule has 140 valence electrons. The second-order valence-electron chi connectivity index (χ2n) is 6.94. The maximum Gasteiger partial charge on any atom is 0.263 e. The topological polar surface area (TPSA) is 92.5 Å². The number of carbonyl (C=O) groups is 1. The minimum Gasteiger partial charge on any atom is -0.347 e. The molecule has 8 heteroatoms. The third-order valence-electron chi connectivity index (χ3n) is 5.31. The van der Waals surface area contributed by atoms with Crippen LogP contribution < -0.4 is 11.1 Å². The molecule has 0 bridgehead atoms. The van der Waals surface area contributed by atoms with Gasteiger partial charge in [0, 0.05) is 25.7 Å². The predicted molar refractivity (Wildman–Crippen MR) is 99.2 cm³/mol. The summed E-state index contributed by atoms with van der Waals surface area (Å²) in [7, 11) is -3.59. The zero-order valence-corrected chi connectivity index (χ0v) is 16.1. The van der Waals surface area contributed by atoms with E-state index in [9.17, 15) is 13.2 Å². The molecule has 1 aromatic rings. The summed E-state index contributed by atoms with van der Waals surface area (Å²) in [5.74, 6) is 0.0788. The Morgan fingerprint density at radius 3 is 2.56 bits per heavy atom. The summed E-state index contributed by atoms with van der Waals surface area (Å²) >= 11 is 1.18. The van der Waals surface area contributed by atoms with Crippen LogP contribution in [-0.2, 0) is 10.0 Å². The Labute approximate surface area is 153 Å². The van der Waals surface area contributed by atoms with Gasteiger partial charge in [-0.05, 0) is 43.0 Å². The number of amides is 1. The first kappa shape index (κ1) is 18.8. The number of sulfonamides is 1. The van der Waals surface area contributed by atoms with Crippen molar-refractivity contribution in [1.29, 1.82) is 0 Å². The number of nitrogens with zero attached hydrogens (tertiary/aromatic N) is 1. The van der Waals surface area contributed by atoms with Crippen LogP contribution in [0, 0.1) is 5.92 Å². The molecular weight excluding hydrogens is 358 g/mol. The van der Waals surface area contributed by atoms with E-state index in [4.69, 9.17) is 5.73 Å². The Morgan fingerprint density at radius 2 is 1.92 bits per heavy atom. The van der Waals surface area contributed by atoms with Crippen molar-refractivity contribution in [2.45, 2.75) is 55.9 Å². The van der Waals surface area contributed by atoms with E-state index >= 15 is 0 Å². The monoisotopic (exact) mass is 385 g/mol. The molecule has 2 fully saturated rings. The number of nitrogens with two attached hydrogens (primary N) is 1. The van der Waals surface area contributed by atoms with E-state index in [0.29, 0.717) is 25.6 Å². The fourth-order valence-corrected chi connectivity index (χ4v) is 6.69. The van der Waals surface area contributed by atoms with Crippen LogP contribution in [0.15, 0.2) is 16.3 Å². The molecule has 0 spiro atoms. The standard InChI is InChI=1S/C17H27N3O3S2/c18-12-14(13-6-2-1-3-7-13)19-17(21)16-15(8-11-24-16)25(22,23)20-9-4-5-10-20/h8,11,13-14H,1-7,9-10,12,18H2,(H,19,21). The number of carbonyl (C=O) groups excluding carboxylic acids is 1. The predicted octanol–water partition coefficient (Wildman–Crippen LogP) is 2.17. The maximum atomic E-state index is 12.8. The molecule has 6 nitrogen and oxygen atoms in total. The molecule has 25 heavy (non-hydrogen) atoms. The third kappa shape index (κ3) is 4.07. The molecule has 1 unspecified atom stereocenters. The highest BCUT2D eigenvalue weighted by atomic mass is 32.2. The molecular formula is C17H27N3O3S2. The van der Waals surface area contributed by atoms with Gasteiger partial charge in [0.1, 0.15) is 9.77 Å². The highest BCUT2D eigenvalue weighted by Gasteiger charge is 2.33. The van der Waals surface area contributed by atoms with Gasteiger partial charge in [0.15, 0.2) is 0 Å². The molecule has 3 N–H and O–H groups in total. The van der Waals surface area contributed by atoms with Crippen LogP contribution in [0.4, 0.5) is 0 Å². The van der Waals surface area contributed by atoms with Gasteiger partial charge in [-0.2, -0.15) is 4.31 Å². The molecule has 2 aliphatic rings. The normalized spacial score (nSPS) is 21.3. The molecule has 1 saturated heterocycles. The lowest BCUT2D eigenvalue weighted by Gasteiger charge is -2.30. The summed E-state index contributed by atoms with van der Waals surface area (Å²) in [4.78, 5) is 13.2. The van der Waals surface area contributed by atoms with Gasteiger partial charge in [-0.3, -0.25) is 4.79 Å². The van der Waals surface area contributed by atoms with Gasteiger partial charge in [-0.1, -0.05) is 19.3 Å². The lowest BCUT2D eigenvalue weighted by atomic mass is 9.84. The van der Waals surface area contributed by atoms with Crippen molar-refractivity contribution in [1.82, 2.24) is 9.62 Å². The van der Waals surface area contributed by atoms with Gasteiger partial charge >= 0.3 is 0 Å². The quantitative estimate of drug-likeness (QED) is 0.785. The van der Waals surface area contributed by atoms with E-state index in [2.05, 4.69) is 5.32 Å². The molecule has 3 rings (SSSR count). The minimum absolute atomic E-state index is 0.0859. The first-order valence-corrected chi connectivity index (χ1v) is 11.4. The van der Waals surface area contributed by atoms with E-state index in [1.165, 1.54) is 34.9 Å². The SMILES string of the molecule is NCC(NC(=O)c1sccc1S(=O)(=O)N1CCCC1)C1CCCCC1. The van der Waals surface area contributed by atoms with E-state index in [1.54, 1.807) is 11.4 Å². The summed E-state index contributed by atoms with van der Waals surface area (Å²) in [5, 5.41) is 4.68. The minimum atomic E-state index is -3.59. The molecule has 1 amide bonds. The van der Waals surface area contributed by atoms with Crippen LogP contribution in [0.5, 0.6) is 0 Å². The number of hydrogen-bond donors (Lipinski definition) is 2. The van der Waals surface area contributed by atoms with Crippen molar-refractivity contribution < 1.29 is 13.2 Å². The van der Waals surface area contributed by atoms with Crippen LogP contribution >= 0.6 is 11.3 Å². The van der Waals surface area contributed by atoms with Crippen LogP contribution in [0.3, 0.4) is 0 Å². The third-order valence-corrected chi connectivity index (χ3v) is 8.29. The molecule has 1 aliphatic heterocycles. The first-order valence-electron chi connectivity index (χ1n) is 9.12. The molecule has 1 atom stereocenters. The average Bonchev–Trinajstić information content (AvgIpc) is 3.32. The van der Waals surface area contributed by atoms with E-state index in [0.717, 1.165) is 25.7 Å². The van der Waals surface area contributed by atoms with Crippen LogP contribution in [-0.4, -0.2) is 44.3 Å². The number of rotatable bonds is 6. The van der Waals surface area contributed by atoms with E-state index < -0.39 is 10.0 Å². The summed E-state index contributed by atoms with van der Waals surface area (Å²) in [6, 6.07) is 1.46. The van der Waals surface area contributed by atoms with E-state index in [-0.39, 0.29) is 21.7 Å². The molecule has 2 heterocycles. The highest BCUT2D eigenvalue weighted by molar-refractivity contribution is 7.89. The van der Waals surface area contributed by atoms with Crippen molar-refractivity contribution in [3.05, 3.63) is 16.3 Å². The van der Waals surface area contributed by atoms with E-state index in [1.807, 2.05) is 0 Å². The van der Waals surface area contributed by atoms with Crippen molar-refractivity contribution in [2.75, 3.05) is 19.6 Å². The zero-order chi connectivity index (χ0) is 17.9. The Balaban J connectivity index is 1.75. The zero-order valence-electron chi connectivity index (χ0n) is 14.4. The fraction of sp³-hybridized carbons (Fsp3) is 0.706. The van der Waals surface area contributed by atoms with Crippen LogP contribution in [0.25, 0.3) is 0 Å². The molecule has 0 aromatic carbocycles. The summed E-state index contributed by atoms with van der Waals surface area (Å²) in [5.41, 5.74) is 5.89. The van der Waals surface area contributed by atoms with Crippen molar-refractivity contribution in [3.63, 3.8) is 0 Å². The number of nitrogens with one attached hydrogen (secondary N) is 1. The van der Waals surface area contributed by atoms with Crippen molar-refractivity contribution in [2.24, 2.45) is 11.7 Å². The van der Waals surface area contributed by atoms with Gasteiger partial charge < -0.3 is 11.1 Å². The Kier molecular flexibility index (Phi) is 6.14. The lowest BCUT2D eigenvalue weighted by molar-refractivity contribution is 0.0916. The van der Waals surface area contributed by atoms with Gasteiger partial charge in [-0.25, -0.2) is 8.42 Å². The molecule has 0 radical (unpaired) electrons. The smallest absolute Gasteiger partial charge is 0.263 e. The van der Waals surface area contributed by atoms with Crippen molar-refractivity contribution in [3.8, 4) is 0 Å². The average molecular weight is 386 g/mol. The number of hydrogen-bond acceptors (Lipinski definition) is 5. The van der Waals surface area contributed by atoms with Gasteiger partial charge in [0.25, 0.3) is 5.91 Å². The van der Waals surface area contributed by atoms with Crippen molar-refractivity contribution >= 4 is 27.3 Å². The second kappa shape index (κ2) is 8.16. The lowest BCUT2D eigenvalue weighted by Crippen LogP contribution is -2.46. The number of thiophene rings is 1. The maximum absolute atomic E-state index is 12.8. The Hall–Kier alpha value is -0.960. The van der Waals surface area contributed by atoms with Crippen LogP contribution in [0.1, 0.15) is 54.6 Å². The van der Waals surface area contributed by atoms with Crippen LogP contribution in [0.2, 0.25) is 0 Å². The summed E-state index contributed by atoms with van der Waals surface area (Å²) in [6.07, 6.45) is 7.49. The first-order chi connectivity index (χ1) is 12.0. The Morgan fingerprint density at radius 1 is 1.24 bits per heavy atom. The van der Waals surface area contributed by atoms with Gasteiger partial charge in [0.2, 0.25) is 10.0 Å². The Bertz CT molecular complexity index is 690. The highest BCUT2D eigenvalue weighted by Crippen LogP contribution is 2.29. The summed E-state index contributed by atoms with van der Waals surface area (Å²) in [6.45, 7) is 1.45. The second-order valence-corrected chi connectivity index (χ2v) is 9.76. The molecule has 1 aliphatic carbocycles. The largest absolute Gasteiger partial charge is 0.347 e. The van der Waals surface area contributed by atoms with Gasteiger partial charge in [-0.15, -0.1) is 11.3 Å². The molecule has 1 saturated carbocycles.